The first-order valence-corrected chi connectivity index (χ1v) is 5.06. The maximum Gasteiger partial charge on any atom is 0.146 e. The van der Waals surface area contributed by atoms with E-state index in [0.717, 1.165) is 11.4 Å². The van der Waals surface area contributed by atoms with Crippen LogP contribution in [0.15, 0.2) is 41.4 Å². The fourth-order valence-corrected chi connectivity index (χ4v) is 1.82. The van der Waals surface area contributed by atoms with Crippen molar-refractivity contribution in [1.82, 2.24) is 0 Å². The Kier molecular flexibility index (Phi) is 1.75. The zero-order valence-corrected chi connectivity index (χ0v) is 8.47. The van der Waals surface area contributed by atoms with Gasteiger partial charge in [0.05, 0.1) is 0 Å². The molecule has 0 bridgehead atoms. The maximum absolute atomic E-state index is 5.69. The maximum atomic E-state index is 5.69. The highest BCUT2D eigenvalue weighted by Gasteiger charge is 2.12. The van der Waals surface area contributed by atoms with Gasteiger partial charge < -0.3 is 4.74 Å². The van der Waals surface area contributed by atoms with Crippen molar-refractivity contribution in [2.45, 2.75) is 13.0 Å². The Balaban J connectivity index is 2.26. The Morgan fingerprint density at radius 1 is 1.13 bits per heavy atom. The van der Waals surface area contributed by atoms with Gasteiger partial charge in [-0.15, -0.1) is 0 Å². The van der Waals surface area contributed by atoms with Gasteiger partial charge in [-0.1, -0.05) is 24.3 Å². The summed E-state index contributed by atoms with van der Waals surface area (Å²) in [5.74, 6) is 0.878. The molecule has 15 heavy (non-hydrogen) atoms. The molecule has 2 nitrogen and oxygen atoms in total. The second-order valence-corrected chi connectivity index (χ2v) is 3.77. The van der Waals surface area contributed by atoms with Crippen molar-refractivity contribution < 1.29 is 4.74 Å². The Bertz CT molecular complexity index is 545. The smallest absolute Gasteiger partial charge is 0.146 e. The van der Waals surface area contributed by atoms with Crippen LogP contribution >= 0.6 is 0 Å². The summed E-state index contributed by atoms with van der Waals surface area (Å²) in [6.45, 7) is 1.99. The van der Waals surface area contributed by atoms with Gasteiger partial charge in [0, 0.05) is 6.21 Å². The lowest BCUT2D eigenvalue weighted by molar-refractivity contribution is 0.288. The second-order valence-electron chi connectivity index (χ2n) is 3.77. The van der Waals surface area contributed by atoms with E-state index in [0.29, 0.717) is 0 Å². The molecule has 1 unspecified atom stereocenters. The van der Waals surface area contributed by atoms with Crippen LogP contribution in [0.25, 0.3) is 10.8 Å². The van der Waals surface area contributed by atoms with Crippen LogP contribution in [0.3, 0.4) is 0 Å². The van der Waals surface area contributed by atoms with Crippen molar-refractivity contribution in [3.05, 3.63) is 36.4 Å². The van der Waals surface area contributed by atoms with Crippen LogP contribution in [0, 0.1) is 0 Å². The molecular formula is C13H11NO. The third-order valence-corrected chi connectivity index (χ3v) is 2.56. The molecular weight excluding hydrogens is 186 g/mol. The van der Waals surface area contributed by atoms with E-state index in [-0.39, 0.29) is 6.10 Å². The van der Waals surface area contributed by atoms with E-state index in [2.05, 4.69) is 29.3 Å². The molecule has 0 amide bonds. The largest absolute Gasteiger partial charge is 0.483 e. The summed E-state index contributed by atoms with van der Waals surface area (Å²) in [6.07, 6.45) is 1.90. The fraction of sp³-hybridized carbons (Fsp3) is 0.154. The lowest BCUT2D eigenvalue weighted by atomic mass is 10.1. The number of ether oxygens (including phenoxy) is 1. The van der Waals surface area contributed by atoms with Gasteiger partial charge in [-0.25, -0.2) is 0 Å². The summed E-state index contributed by atoms with van der Waals surface area (Å²) < 4.78 is 5.69. The Labute approximate surface area is 88.2 Å². The molecule has 0 radical (unpaired) electrons. The number of fused-ring (bicyclic) bond motifs is 2. The fourth-order valence-electron chi connectivity index (χ4n) is 1.82. The highest BCUT2D eigenvalue weighted by Crippen LogP contribution is 2.34. The number of rotatable bonds is 0. The van der Waals surface area contributed by atoms with Gasteiger partial charge in [-0.2, -0.15) is 0 Å². The summed E-state index contributed by atoms with van der Waals surface area (Å²) in [5, 5.41) is 2.40. The van der Waals surface area contributed by atoms with Gasteiger partial charge in [0.25, 0.3) is 0 Å². The zero-order chi connectivity index (χ0) is 10.3. The highest BCUT2D eigenvalue weighted by atomic mass is 16.5. The van der Waals surface area contributed by atoms with Crippen LogP contribution < -0.4 is 4.74 Å². The molecule has 1 atom stereocenters. The minimum atomic E-state index is 0.0682. The summed E-state index contributed by atoms with van der Waals surface area (Å²) in [5.41, 5.74) is 0.923. The van der Waals surface area contributed by atoms with E-state index in [4.69, 9.17) is 4.74 Å². The molecule has 0 saturated carbocycles. The molecule has 2 heteroatoms. The number of hydrogen-bond acceptors (Lipinski definition) is 2. The molecule has 1 heterocycles. The predicted octanol–water partition coefficient (Wildman–Crippen LogP) is 3.32. The number of aliphatic imine (C=N–C) groups is 1. The third kappa shape index (κ3) is 1.38. The molecule has 0 aromatic heterocycles. The Morgan fingerprint density at radius 3 is 2.67 bits per heavy atom. The van der Waals surface area contributed by atoms with Gasteiger partial charge in [-0.3, -0.25) is 4.99 Å². The van der Waals surface area contributed by atoms with E-state index in [1.165, 1.54) is 10.8 Å². The van der Waals surface area contributed by atoms with Gasteiger partial charge in [0.2, 0.25) is 0 Å². The number of hydrogen-bond donors (Lipinski definition) is 0. The molecule has 2 aromatic rings. The molecule has 0 saturated heterocycles. The van der Waals surface area contributed by atoms with Crippen LogP contribution in [-0.4, -0.2) is 12.3 Å². The van der Waals surface area contributed by atoms with Crippen molar-refractivity contribution in [3.63, 3.8) is 0 Å². The summed E-state index contributed by atoms with van der Waals surface area (Å²) in [4.78, 5) is 4.37. The van der Waals surface area contributed by atoms with Crippen LogP contribution in [-0.2, 0) is 0 Å². The van der Waals surface area contributed by atoms with E-state index in [9.17, 15) is 0 Å². The molecule has 74 valence electrons. The minimum Gasteiger partial charge on any atom is -0.483 e. The van der Waals surface area contributed by atoms with Crippen molar-refractivity contribution in [2.24, 2.45) is 4.99 Å². The standard InChI is InChI=1S/C13H11NO/c1-9-8-14-12-6-10-4-2-3-5-11(10)7-13(12)15-9/h2-9H,1H3. The van der Waals surface area contributed by atoms with E-state index in [1.54, 1.807) is 0 Å². The first kappa shape index (κ1) is 8.48. The Hall–Kier alpha value is -1.83. The Morgan fingerprint density at radius 2 is 1.87 bits per heavy atom. The highest BCUT2D eigenvalue weighted by molar-refractivity contribution is 5.89. The average molecular weight is 197 g/mol. The van der Waals surface area contributed by atoms with Crippen molar-refractivity contribution in [2.75, 3.05) is 0 Å². The second kappa shape index (κ2) is 3.09. The van der Waals surface area contributed by atoms with Crippen molar-refractivity contribution in [1.29, 1.82) is 0 Å². The van der Waals surface area contributed by atoms with Crippen LogP contribution in [0.2, 0.25) is 0 Å². The minimum absolute atomic E-state index is 0.0682. The summed E-state index contributed by atoms with van der Waals surface area (Å²) in [7, 11) is 0. The third-order valence-electron chi connectivity index (χ3n) is 2.56. The monoisotopic (exact) mass is 197 g/mol. The summed E-state index contributed by atoms with van der Waals surface area (Å²) in [6, 6.07) is 12.4. The zero-order valence-electron chi connectivity index (χ0n) is 8.47. The predicted molar refractivity (Wildman–Crippen MR) is 62.2 cm³/mol. The first-order chi connectivity index (χ1) is 7.33. The van der Waals surface area contributed by atoms with E-state index in [1.807, 2.05) is 25.3 Å². The number of benzene rings is 2. The molecule has 3 rings (SSSR count). The molecule has 1 aliphatic heterocycles. The molecule has 2 aromatic carbocycles. The van der Waals surface area contributed by atoms with Crippen LogP contribution in [0.1, 0.15) is 6.92 Å². The topological polar surface area (TPSA) is 21.6 Å². The van der Waals surface area contributed by atoms with Gasteiger partial charge >= 0.3 is 0 Å². The van der Waals surface area contributed by atoms with Crippen molar-refractivity contribution >= 4 is 22.7 Å². The molecule has 1 aliphatic rings. The van der Waals surface area contributed by atoms with E-state index >= 15 is 0 Å². The summed E-state index contributed by atoms with van der Waals surface area (Å²) >= 11 is 0. The quantitative estimate of drug-likeness (QED) is 0.634. The molecule has 0 N–H and O–H groups in total. The van der Waals surface area contributed by atoms with E-state index < -0.39 is 0 Å². The van der Waals surface area contributed by atoms with Gasteiger partial charge in [0.1, 0.15) is 17.5 Å². The SMILES string of the molecule is CC1C=Nc2cc3ccccc3cc2O1. The lowest BCUT2D eigenvalue weighted by Gasteiger charge is -2.17. The normalized spacial score (nSPS) is 18.6. The molecule has 0 spiro atoms. The number of nitrogens with zero attached hydrogens (tertiary/aromatic N) is 1. The van der Waals surface area contributed by atoms with Crippen LogP contribution in [0.5, 0.6) is 5.75 Å². The van der Waals surface area contributed by atoms with Gasteiger partial charge in [-0.05, 0) is 29.8 Å². The molecule has 0 fully saturated rings. The first-order valence-electron chi connectivity index (χ1n) is 5.06. The average Bonchev–Trinajstić information content (AvgIpc) is 2.26. The van der Waals surface area contributed by atoms with Gasteiger partial charge in [0.15, 0.2) is 0 Å². The van der Waals surface area contributed by atoms with Crippen LogP contribution in [0.4, 0.5) is 5.69 Å². The van der Waals surface area contributed by atoms with Crippen molar-refractivity contribution in [3.8, 4) is 5.75 Å². The molecule has 0 aliphatic carbocycles. The lowest BCUT2D eigenvalue weighted by Crippen LogP contribution is -2.15.